The Labute approximate surface area is 192 Å². The van der Waals surface area contributed by atoms with Crippen molar-refractivity contribution in [2.75, 3.05) is 13.2 Å². The quantitative estimate of drug-likeness (QED) is 0.396. The van der Waals surface area contributed by atoms with Crippen molar-refractivity contribution in [3.05, 3.63) is 35.9 Å². The van der Waals surface area contributed by atoms with E-state index in [4.69, 9.17) is 9.47 Å². The molecule has 2 atom stereocenters. The van der Waals surface area contributed by atoms with Crippen molar-refractivity contribution in [2.45, 2.75) is 78.1 Å². The largest absolute Gasteiger partial charge is 0.491 e. The SMILES string of the molecule is CCOc1ccc(OCC2C=CC(C3CCC(C4CCC(C)CC4)CC3)CC2)c(F)c1F. The third kappa shape index (κ3) is 5.66. The van der Waals surface area contributed by atoms with Crippen LogP contribution in [0.1, 0.15) is 78.1 Å². The number of allylic oxidation sites excluding steroid dienone is 1. The molecule has 0 saturated heterocycles. The second-order valence-corrected chi connectivity index (χ2v) is 10.5. The maximum absolute atomic E-state index is 14.2. The molecule has 0 bridgehead atoms. The van der Waals surface area contributed by atoms with E-state index in [0.29, 0.717) is 19.1 Å². The van der Waals surface area contributed by atoms with Gasteiger partial charge in [-0.3, -0.25) is 0 Å². The molecule has 1 aromatic carbocycles. The lowest BCUT2D eigenvalue weighted by atomic mass is 9.66. The summed E-state index contributed by atoms with van der Waals surface area (Å²) in [5.74, 6) is 2.64. The zero-order chi connectivity index (χ0) is 22.5. The Morgan fingerprint density at radius 2 is 1.28 bits per heavy atom. The highest BCUT2D eigenvalue weighted by Gasteiger charge is 2.33. The Hall–Kier alpha value is -1.58. The molecule has 0 heterocycles. The number of hydrogen-bond acceptors (Lipinski definition) is 2. The molecular formula is C28H40F2O2. The van der Waals surface area contributed by atoms with Gasteiger partial charge >= 0.3 is 0 Å². The summed E-state index contributed by atoms with van der Waals surface area (Å²) < 4.78 is 39.0. The Bertz CT molecular complexity index is 761. The molecule has 178 valence electrons. The molecule has 32 heavy (non-hydrogen) atoms. The van der Waals surface area contributed by atoms with Crippen LogP contribution in [-0.4, -0.2) is 13.2 Å². The number of benzene rings is 1. The van der Waals surface area contributed by atoms with Gasteiger partial charge in [0.2, 0.25) is 11.6 Å². The summed E-state index contributed by atoms with van der Waals surface area (Å²) >= 11 is 0. The summed E-state index contributed by atoms with van der Waals surface area (Å²) in [6.45, 7) is 4.84. The third-order valence-corrected chi connectivity index (χ3v) is 8.41. The fraction of sp³-hybridized carbons (Fsp3) is 0.714. The molecule has 0 spiro atoms. The highest BCUT2D eigenvalue weighted by atomic mass is 19.2. The first-order valence-electron chi connectivity index (χ1n) is 13.0. The predicted octanol–water partition coefficient (Wildman–Crippen LogP) is 7.96. The molecule has 4 heteroatoms. The van der Waals surface area contributed by atoms with Crippen LogP contribution in [-0.2, 0) is 0 Å². The lowest BCUT2D eigenvalue weighted by molar-refractivity contribution is 0.130. The molecule has 0 aliphatic heterocycles. The molecular weight excluding hydrogens is 406 g/mol. The van der Waals surface area contributed by atoms with Crippen molar-refractivity contribution in [1.82, 2.24) is 0 Å². The number of hydrogen-bond donors (Lipinski definition) is 0. The van der Waals surface area contributed by atoms with Crippen LogP contribution in [0.3, 0.4) is 0 Å². The Morgan fingerprint density at radius 3 is 1.84 bits per heavy atom. The minimum absolute atomic E-state index is 0.0306. The summed E-state index contributed by atoms with van der Waals surface area (Å²) in [5, 5.41) is 0. The third-order valence-electron chi connectivity index (χ3n) is 8.41. The Kier molecular flexibility index (Phi) is 8.12. The zero-order valence-electron chi connectivity index (χ0n) is 19.8. The van der Waals surface area contributed by atoms with Crippen LogP contribution in [0.25, 0.3) is 0 Å². The van der Waals surface area contributed by atoms with Crippen LogP contribution in [0, 0.1) is 47.1 Å². The summed E-state index contributed by atoms with van der Waals surface area (Å²) in [4.78, 5) is 0. The van der Waals surface area contributed by atoms with Crippen LogP contribution >= 0.6 is 0 Å². The molecule has 3 aliphatic rings. The van der Waals surface area contributed by atoms with E-state index in [1.807, 2.05) is 0 Å². The van der Waals surface area contributed by atoms with Gasteiger partial charge in [0.05, 0.1) is 13.2 Å². The molecule has 4 rings (SSSR count). The summed E-state index contributed by atoms with van der Waals surface area (Å²) in [6, 6.07) is 2.90. The monoisotopic (exact) mass is 446 g/mol. The second-order valence-electron chi connectivity index (χ2n) is 10.5. The zero-order valence-corrected chi connectivity index (χ0v) is 19.8. The lowest BCUT2D eigenvalue weighted by Gasteiger charge is -2.39. The van der Waals surface area contributed by atoms with Crippen molar-refractivity contribution in [1.29, 1.82) is 0 Å². The van der Waals surface area contributed by atoms with E-state index in [2.05, 4.69) is 19.1 Å². The fourth-order valence-corrected chi connectivity index (χ4v) is 6.32. The average molecular weight is 447 g/mol. The molecule has 0 radical (unpaired) electrons. The minimum atomic E-state index is -0.970. The van der Waals surface area contributed by atoms with Crippen LogP contribution in [0.5, 0.6) is 11.5 Å². The Morgan fingerprint density at radius 1 is 0.719 bits per heavy atom. The second kappa shape index (κ2) is 11.0. The van der Waals surface area contributed by atoms with Gasteiger partial charge in [0.1, 0.15) is 0 Å². The average Bonchev–Trinajstić information content (AvgIpc) is 2.83. The number of ether oxygens (including phenoxy) is 2. The smallest absolute Gasteiger partial charge is 0.204 e. The molecule has 1 aromatic rings. The summed E-state index contributed by atoms with van der Waals surface area (Å²) in [5.41, 5.74) is 0. The first-order valence-corrected chi connectivity index (χ1v) is 13.0. The van der Waals surface area contributed by atoms with Gasteiger partial charge in [-0.1, -0.05) is 31.9 Å². The van der Waals surface area contributed by atoms with Crippen molar-refractivity contribution >= 4 is 0 Å². The van der Waals surface area contributed by atoms with Crippen LogP contribution < -0.4 is 9.47 Å². The van der Waals surface area contributed by atoms with Crippen LogP contribution in [0.2, 0.25) is 0 Å². The first kappa shape index (κ1) is 23.6. The van der Waals surface area contributed by atoms with E-state index in [1.165, 1.54) is 69.9 Å². The van der Waals surface area contributed by atoms with Gasteiger partial charge in [-0.05, 0) is 100 Å². The molecule has 2 nitrogen and oxygen atoms in total. The maximum Gasteiger partial charge on any atom is 0.204 e. The lowest BCUT2D eigenvalue weighted by Crippen LogP contribution is -2.28. The molecule has 2 fully saturated rings. The van der Waals surface area contributed by atoms with Crippen molar-refractivity contribution < 1.29 is 18.3 Å². The number of halogens is 2. The van der Waals surface area contributed by atoms with Gasteiger partial charge in [0, 0.05) is 5.92 Å². The molecule has 0 amide bonds. The van der Waals surface area contributed by atoms with E-state index in [0.717, 1.165) is 30.1 Å². The predicted molar refractivity (Wildman–Crippen MR) is 125 cm³/mol. The molecule has 0 N–H and O–H groups in total. The highest BCUT2D eigenvalue weighted by molar-refractivity contribution is 5.35. The van der Waals surface area contributed by atoms with E-state index < -0.39 is 11.6 Å². The molecule has 3 aliphatic carbocycles. The van der Waals surface area contributed by atoms with Crippen LogP contribution in [0.4, 0.5) is 8.78 Å². The molecule has 2 saturated carbocycles. The van der Waals surface area contributed by atoms with Gasteiger partial charge in [-0.2, -0.15) is 8.78 Å². The van der Waals surface area contributed by atoms with E-state index in [9.17, 15) is 8.78 Å². The van der Waals surface area contributed by atoms with E-state index >= 15 is 0 Å². The summed E-state index contributed by atoms with van der Waals surface area (Å²) in [6.07, 6.45) is 18.3. The van der Waals surface area contributed by atoms with Gasteiger partial charge in [-0.15, -0.1) is 0 Å². The summed E-state index contributed by atoms with van der Waals surface area (Å²) in [7, 11) is 0. The topological polar surface area (TPSA) is 18.5 Å². The van der Waals surface area contributed by atoms with Crippen molar-refractivity contribution in [3.8, 4) is 11.5 Å². The first-order chi connectivity index (χ1) is 15.5. The highest BCUT2D eigenvalue weighted by Crippen LogP contribution is 2.44. The van der Waals surface area contributed by atoms with E-state index in [1.54, 1.807) is 6.92 Å². The molecule has 2 unspecified atom stereocenters. The normalized spacial score (nSPS) is 33.1. The number of rotatable bonds is 7. The van der Waals surface area contributed by atoms with Gasteiger partial charge < -0.3 is 9.47 Å². The minimum Gasteiger partial charge on any atom is -0.491 e. The van der Waals surface area contributed by atoms with Crippen molar-refractivity contribution in [3.63, 3.8) is 0 Å². The standard InChI is InChI=1S/C28H40F2O2/c1-3-31-25-16-17-26(28(30)27(25)29)32-18-20-6-10-22(11-7-20)24-14-12-23(13-15-24)21-8-4-19(2)5-9-21/h6,10,16-17,19-24H,3-5,7-9,11-15,18H2,1-2H3. The van der Waals surface area contributed by atoms with Crippen LogP contribution in [0.15, 0.2) is 24.3 Å². The van der Waals surface area contributed by atoms with Gasteiger partial charge in [0.15, 0.2) is 11.5 Å². The fourth-order valence-electron chi connectivity index (χ4n) is 6.32. The Balaban J connectivity index is 1.22. The van der Waals surface area contributed by atoms with Crippen molar-refractivity contribution in [2.24, 2.45) is 35.5 Å². The maximum atomic E-state index is 14.2. The van der Waals surface area contributed by atoms with Gasteiger partial charge in [-0.25, -0.2) is 0 Å². The van der Waals surface area contributed by atoms with E-state index in [-0.39, 0.29) is 17.4 Å². The molecule has 0 aromatic heterocycles. The van der Waals surface area contributed by atoms with Gasteiger partial charge in [0.25, 0.3) is 0 Å².